The Morgan fingerprint density at radius 3 is 2.71 bits per heavy atom. The number of aromatic nitrogens is 3. The van der Waals surface area contributed by atoms with Gasteiger partial charge in [-0.1, -0.05) is 42.1 Å². The van der Waals surface area contributed by atoms with Gasteiger partial charge in [-0.3, -0.25) is 4.79 Å². The number of carbonyl (C=O) groups is 1. The van der Waals surface area contributed by atoms with Gasteiger partial charge < -0.3 is 14.1 Å². The maximum atomic E-state index is 13.1. The molecule has 0 amide bonds. The van der Waals surface area contributed by atoms with E-state index in [0.717, 1.165) is 22.2 Å². The number of benzene rings is 2. The molecule has 7 heteroatoms. The van der Waals surface area contributed by atoms with Gasteiger partial charge in [0.15, 0.2) is 5.78 Å². The van der Waals surface area contributed by atoms with Crippen molar-refractivity contribution in [1.82, 2.24) is 15.2 Å². The fourth-order valence-corrected chi connectivity index (χ4v) is 3.93. The third-order valence-corrected chi connectivity index (χ3v) is 5.46. The van der Waals surface area contributed by atoms with Gasteiger partial charge in [-0.05, 0) is 32.0 Å². The summed E-state index contributed by atoms with van der Waals surface area (Å²) in [4.78, 5) is 16.3. The summed E-state index contributed by atoms with van der Waals surface area (Å²) in [6, 6.07) is 15.2. The van der Waals surface area contributed by atoms with Gasteiger partial charge in [0.05, 0.1) is 17.9 Å². The summed E-state index contributed by atoms with van der Waals surface area (Å²) < 4.78 is 11.1. The molecule has 0 radical (unpaired) electrons. The number of hydrogen-bond donors (Lipinski definition) is 1. The number of Topliss-reactive ketones (excluding diaryl/α,β-unsaturated/α-hetero) is 1. The van der Waals surface area contributed by atoms with Gasteiger partial charge in [-0.2, -0.15) is 0 Å². The third-order valence-electron chi connectivity index (χ3n) is 4.53. The fourth-order valence-electron chi connectivity index (χ4n) is 3.19. The average molecular weight is 393 g/mol. The Balaban J connectivity index is 1.57. The molecule has 2 heterocycles. The predicted octanol–water partition coefficient (Wildman–Crippen LogP) is 4.90. The van der Waals surface area contributed by atoms with Crippen LogP contribution in [0.25, 0.3) is 22.4 Å². The normalized spacial score (nSPS) is 12.2. The summed E-state index contributed by atoms with van der Waals surface area (Å²) in [6.07, 6.45) is 0. The summed E-state index contributed by atoms with van der Waals surface area (Å²) in [5.74, 6) is 1.04. The number of ketones is 1. The Morgan fingerprint density at radius 1 is 1.14 bits per heavy atom. The first-order valence-electron chi connectivity index (χ1n) is 8.83. The molecule has 0 aliphatic carbocycles. The molecular formula is C21H19N3O3S. The van der Waals surface area contributed by atoms with Crippen LogP contribution in [0.1, 0.15) is 23.0 Å². The zero-order valence-electron chi connectivity index (χ0n) is 15.7. The largest absolute Gasteiger partial charge is 0.496 e. The zero-order chi connectivity index (χ0) is 19.7. The van der Waals surface area contributed by atoms with Crippen LogP contribution in [-0.4, -0.2) is 33.3 Å². The minimum Gasteiger partial charge on any atom is -0.496 e. The lowest BCUT2D eigenvalue weighted by molar-refractivity contribution is 0.0994. The zero-order valence-corrected chi connectivity index (χ0v) is 16.5. The molecule has 1 N–H and O–H groups in total. The minimum atomic E-state index is -0.371. The number of fused-ring (bicyclic) bond motifs is 1. The number of nitrogens with one attached hydrogen (secondary N) is 1. The van der Waals surface area contributed by atoms with Gasteiger partial charge in [-0.15, -0.1) is 10.2 Å². The highest BCUT2D eigenvalue weighted by molar-refractivity contribution is 8.00. The number of thioether (sulfide) groups is 1. The van der Waals surface area contributed by atoms with Crippen LogP contribution in [0.15, 0.2) is 58.2 Å². The number of hydrogen-bond acceptors (Lipinski definition) is 6. The molecule has 0 saturated heterocycles. The Bertz CT molecular complexity index is 1150. The number of para-hydroxylation sites is 2. The Labute approximate surface area is 166 Å². The third kappa shape index (κ3) is 3.29. The Hall–Kier alpha value is -3.06. The van der Waals surface area contributed by atoms with E-state index in [1.807, 2.05) is 62.4 Å². The van der Waals surface area contributed by atoms with Gasteiger partial charge in [0, 0.05) is 22.2 Å². The van der Waals surface area contributed by atoms with Crippen LogP contribution in [0.4, 0.5) is 0 Å². The lowest BCUT2D eigenvalue weighted by Gasteiger charge is -2.08. The molecule has 0 aliphatic rings. The van der Waals surface area contributed by atoms with Crippen molar-refractivity contribution in [1.29, 1.82) is 0 Å². The van der Waals surface area contributed by atoms with E-state index in [2.05, 4.69) is 15.2 Å². The predicted molar refractivity (Wildman–Crippen MR) is 109 cm³/mol. The Morgan fingerprint density at radius 2 is 1.89 bits per heavy atom. The molecule has 0 saturated carbocycles. The lowest BCUT2D eigenvalue weighted by Crippen LogP contribution is -2.14. The smallest absolute Gasteiger partial charge is 0.277 e. The van der Waals surface area contributed by atoms with Crippen LogP contribution < -0.4 is 4.74 Å². The average Bonchev–Trinajstić information content (AvgIpc) is 3.30. The van der Waals surface area contributed by atoms with Gasteiger partial charge in [0.1, 0.15) is 5.75 Å². The molecule has 28 heavy (non-hydrogen) atoms. The number of methoxy groups -OCH3 is 1. The monoisotopic (exact) mass is 393 g/mol. The summed E-state index contributed by atoms with van der Waals surface area (Å²) in [7, 11) is 1.59. The van der Waals surface area contributed by atoms with Crippen LogP contribution in [0, 0.1) is 6.92 Å². The number of ether oxygens (including phenoxy) is 1. The molecule has 0 bridgehead atoms. The second-order valence-electron chi connectivity index (χ2n) is 6.37. The maximum absolute atomic E-state index is 13.1. The number of aryl methyl sites for hydroxylation is 1. The van der Waals surface area contributed by atoms with Gasteiger partial charge >= 0.3 is 0 Å². The standard InChI is InChI=1S/C21H19N3O3S/c1-12-18(14-8-4-6-10-16(14)22-12)19(25)13(2)28-21-24-23-20(27-21)15-9-5-7-11-17(15)26-3/h4-11,13,22H,1-3H3. The molecule has 0 aliphatic heterocycles. The molecule has 142 valence electrons. The number of H-pyrrole nitrogens is 1. The molecule has 0 spiro atoms. The van der Waals surface area contributed by atoms with E-state index in [1.165, 1.54) is 11.8 Å². The molecule has 1 unspecified atom stereocenters. The van der Waals surface area contributed by atoms with Crippen molar-refractivity contribution >= 4 is 28.4 Å². The number of nitrogens with zero attached hydrogens (tertiary/aromatic N) is 2. The quantitative estimate of drug-likeness (QED) is 0.371. The topological polar surface area (TPSA) is 81.0 Å². The van der Waals surface area contributed by atoms with Crippen LogP contribution in [0.2, 0.25) is 0 Å². The van der Waals surface area contributed by atoms with E-state index in [9.17, 15) is 4.79 Å². The first kappa shape index (κ1) is 18.3. The minimum absolute atomic E-state index is 0.0250. The first-order valence-corrected chi connectivity index (χ1v) is 9.71. The van der Waals surface area contributed by atoms with Crippen LogP contribution in [0.3, 0.4) is 0 Å². The van der Waals surface area contributed by atoms with Crippen molar-refractivity contribution in [2.24, 2.45) is 0 Å². The van der Waals surface area contributed by atoms with E-state index in [-0.39, 0.29) is 11.0 Å². The number of carbonyl (C=O) groups excluding carboxylic acids is 1. The molecule has 2 aromatic heterocycles. The molecule has 6 nitrogen and oxygen atoms in total. The molecule has 0 fully saturated rings. The molecule has 4 aromatic rings. The van der Waals surface area contributed by atoms with Crippen molar-refractivity contribution in [3.8, 4) is 17.2 Å². The molecule has 2 aromatic carbocycles. The van der Waals surface area contributed by atoms with Crippen LogP contribution in [-0.2, 0) is 0 Å². The first-order chi connectivity index (χ1) is 13.6. The van der Waals surface area contributed by atoms with Crippen LogP contribution in [0.5, 0.6) is 5.75 Å². The highest BCUT2D eigenvalue weighted by Gasteiger charge is 2.24. The SMILES string of the molecule is COc1ccccc1-c1nnc(SC(C)C(=O)c2c(C)[nH]c3ccccc23)o1. The molecule has 4 rings (SSSR count). The highest BCUT2D eigenvalue weighted by Crippen LogP contribution is 2.33. The van der Waals surface area contributed by atoms with Gasteiger partial charge in [0.2, 0.25) is 0 Å². The van der Waals surface area contributed by atoms with E-state index in [4.69, 9.17) is 9.15 Å². The van der Waals surface area contributed by atoms with Gasteiger partial charge in [0.25, 0.3) is 11.1 Å². The highest BCUT2D eigenvalue weighted by atomic mass is 32.2. The summed E-state index contributed by atoms with van der Waals surface area (Å²) in [5.41, 5.74) is 3.24. The van der Waals surface area contributed by atoms with E-state index in [1.54, 1.807) is 7.11 Å². The maximum Gasteiger partial charge on any atom is 0.277 e. The summed E-state index contributed by atoms with van der Waals surface area (Å²) in [6.45, 7) is 3.76. The van der Waals surface area contributed by atoms with Crippen molar-refractivity contribution in [3.63, 3.8) is 0 Å². The van der Waals surface area contributed by atoms with Crippen molar-refractivity contribution in [3.05, 3.63) is 59.8 Å². The summed E-state index contributed by atoms with van der Waals surface area (Å²) >= 11 is 1.25. The van der Waals surface area contributed by atoms with E-state index >= 15 is 0 Å². The van der Waals surface area contributed by atoms with Gasteiger partial charge in [-0.25, -0.2) is 0 Å². The van der Waals surface area contributed by atoms with Crippen molar-refractivity contribution in [2.75, 3.05) is 7.11 Å². The van der Waals surface area contributed by atoms with Crippen LogP contribution >= 0.6 is 11.8 Å². The summed E-state index contributed by atoms with van der Waals surface area (Å²) in [5, 5.41) is 9.09. The number of rotatable bonds is 6. The fraction of sp³-hybridized carbons (Fsp3) is 0.190. The number of aromatic amines is 1. The Kier molecular flexibility index (Phi) is 4.92. The second-order valence-corrected chi connectivity index (χ2v) is 7.66. The van der Waals surface area contributed by atoms with Crippen molar-refractivity contribution in [2.45, 2.75) is 24.3 Å². The molecule has 1 atom stereocenters. The van der Waals surface area contributed by atoms with E-state index < -0.39 is 0 Å². The molecular weight excluding hydrogens is 374 g/mol. The second kappa shape index (κ2) is 7.52. The lowest BCUT2D eigenvalue weighted by atomic mass is 10.1. The van der Waals surface area contributed by atoms with Crippen molar-refractivity contribution < 1.29 is 13.9 Å². The van der Waals surface area contributed by atoms with E-state index in [0.29, 0.717) is 22.4 Å².